The van der Waals surface area contributed by atoms with Crippen LogP contribution < -0.4 is 5.32 Å². The van der Waals surface area contributed by atoms with E-state index in [4.69, 9.17) is 4.74 Å². The summed E-state index contributed by atoms with van der Waals surface area (Å²) in [6.45, 7) is 2.13. The van der Waals surface area contributed by atoms with E-state index in [0.717, 1.165) is 5.56 Å². The average Bonchev–Trinajstić information content (AvgIpc) is 2.60. The van der Waals surface area contributed by atoms with Crippen LogP contribution >= 0.6 is 0 Å². The molecule has 1 heterocycles. The first-order chi connectivity index (χ1) is 7.20. The number of hydrogen-bond donors (Lipinski definition) is 1. The molecule has 15 heavy (non-hydrogen) atoms. The number of halogens is 1. The van der Waals surface area contributed by atoms with E-state index in [9.17, 15) is 9.18 Å². The number of rotatable bonds is 2. The molecule has 80 valence electrons. The fraction of sp³-hybridized carbons (Fsp3) is 0.364. The van der Waals surface area contributed by atoms with Crippen molar-refractivity contribution in [3.05, 3.63) is 29.6 Å². The van der Waals surface area contributed by atoms with Gasteiger partial charge in [-0.3, -0.25) is 0 Å². The van der Waals surface area contributed by atoms with Crippen molar-refractivity contribution in [1.82, 2.24) is 0 Å². The normalized spacial score (nSPS) is 18.1. The van der Waals surface area contributed by atoms with Gasteiger partial charge in [0.2, 0.25) is 0 Å². The number of carbonyl (C=O) groups excluding carboxylic acids is 1. The molecule has 0 amide bonds. The highest BCUT2D eigenvalue weighted by molar-refractivity contribution is 5.82. The summed E-state index contributed by atoms with van der Waals surface area (Å²) in [4.78, 5) is 11.4. The highest BCUT2D eigenvalue weighted by Crippen LogP contribution is 2.26. The first-order valence-corrected chi connectivity index (χ1v) is 4.92. The zero-order chi connectivity index (χ0) is 10.8. The van der Waals surface area contributed by atoms with Crippen molar-refractivity contribution >= 4 is 11.7 Å². The number of fused-ring (bicyclic) bond motifs is 1. The second kappa shape index (κ2) is 3.88. The van der Waals surface area contributed by atoms with Crippen molar-refractivity contribution in [2.75, 3.05) is 11.9 Å². The maximum absolute atomic E-state index is 12.9. The molecule has 1 aliphatic heterocycles. The fourth-order valence-corrected chi connectivity index (χ4v) is 1.70. The summed E-state index contributed by atoms with van der Waals surface area (Å²) < 4.78 is 17.8. The van der Waals surface area contributed by atoms with E-state index in [0.29, 0.717) is 18.7 Å². The molecule has 1 aromatic carbocycles. The molecular formula is C11H12FNO2. The Hall–Kier alpha value is -1.58. The molecule has 0 saturated heterocycles. The van der Waals surface area contributed by atoms with Gasteiger partial charge in [-0.05, 0) is 24.6 Å². The largest absolute Gasteiger partial charge is 0.464 e. The molecule has 0 bridgehead atoms. The lowest BCUT2D eigenvalue weighted by molar-refractivity contribution is -0.143. The van der Waals surface area contributed by atoms with Crippen LogP contribution in [0.2, 0.25) is 0 Å². The number of benzene rings is 1. The fourth-order valence-electron chi connectivity index (χ4n) is 1.70. The summed E-state index contributed by atoms with van der Waals surface area (Å²) in [5, 5.41) is 2.95. The minimum Gasteiger partial charge on any atom is -0.464 e. The number of nitrogens with one attached hydrogen (secondary N) is 1. The molecule has 1 atom stereocenters. The van der Waals surface area contributed by atoms with Gasteiger partial charge < -0.3 is 10.1 Å². The second-order valence-electron chi connectivity index (χ2n) is 3.45. The molecule has 0 radical (unpaired) electrons. The van der Waals surface area contributed by atoms with Gasteiger partial charge in [-0.25, -0.2) is 9.18 Å². The van der Waals surface area contributed by atoms with E-state index in [1.807, 2.05) is 0 Å². The first-order valence-electron chi connectivity index (χ1n) is 4.92. The van der Waals surface area contributed by atoms with Crippen LogP contribution in [0.15, 0.2) is 18.2 Å². The van der Waals surface area contributed by atoms with Crippen LogP contribution in [0.3, 0.4) is 0 Å². The van der Waals surface area contributed by atoms with Crippen molar-refractivity contribution in [3.8, 4) is 0 Å². The van der Waals surface area contributed by atoms with Gasteiger partial charge in [0.25, 0.3) is 0 Å². The van der Waals surface area contributed by atoms with Crippen LogP contribution in [0.25, 0.3) is 0 Å². The second-order valence-corrected chi connectivity index (χ2v) is 3.45. The summed E-state index contributed by atoms with van der Waals surface area (Å²) >= 11 is 0. The predicted molar refractivity (Wildman–Crippen MR) is 54.1 cm³/mol. The van der Waals surface area contributed by atoms with Crippen molar-refractivity contribution < 1.29 is 13.9 Å². The zero-order valence-corrected chi connectivity index (χ0v) is 8.42. The van der Waals surface area contributed by atoms with Crippen molar-refractivity contribution in [3.63, 3.8) is 0 Å². The van der Waals surface area contributed by atoms with E-state index >= 15 is 0 Å². The highest BCUT2D eigenvalue weighted by atomic mass is 19.1. The number of ether oxygens (including phenoxy) is 1. The first kappa shape index (κ1) is 9.96. The molecule has 2 rings (SSSR count). The van der Waals surface area contributed by atoms with Gasteiger partial charge >= 0.3 is 5.97 Å². The van der Waals surface area contributed by atoms with Gasteiger partial charge in [0.05, 0.1) is 6.61 Å². The lowest BCUT2D eigenvalue weighted by atomic mass is 10.1. The van der Waals surface area contributed by atoms with Gasteiger partial charge in [-0.15, -0.1) is 0 Å². The van der Waals surface area contributed by atoms with E-state index in [1.54, 1.807) is 13.0 Å². The van der Waals surface area contributed by atoms with Crippen molar-refractivity contribution in [2.45, 2.75) is 19.4 Å². The molecular weight excluding hydrogens is 197 g/mol. The summed E-state index contributed by atoms with van der Waals surface area (Å²) in [5.74, 6) is -0.583. The average molecular weight is 209 g/mol. The van der Waals surface area contributed by atoms with Crippen molar-refractivity contribution in [1.29, 1.82) is 0 Å². The van der Waals surface area contributed by atoms with Crippen LogP contribution in [0, 0.1) is 5.82 Å². The van der Waals surface area contributed by atoms with Gasteiger partial charge in [0.15, 0.2) is 0 Å². The molecule has 1 aliphatic rings. The zero-order valence-electron chi connectivity index (χ0n) is 8.42. The molecule has 0 aromatic heterocycles. The number of carbonyl (C=O) groups is 1. The van der Waals surface area contributed by atoms with E-state index in [2.05, 4.69) is 5.32 Å². The summed E-state index contributed by atoms with van der Waals surface area (Å²) in [6.07, 6.45) is 0.564. The number of anilines is 1. The van der Waals surface area contributed by atoms with E-state index in [-0.39, 0.29) is 17.8 Å². The Kier molecular flexibility index (Phi) is 2.58. The summed E-state index contributed by atoms with van der Waals surface area (Å²) in [6, 6.07) is 4.11. The Morgan fingerprint density at radius 2 is 2.47 bits per heavy atom. The van der Waals surface area contributed by atoms with Crippen LogP contribution in [0.4, 0.5) is 10.1 Å². The van der Waals surface area contributed by atoms with Crippen molar-refractivity contribution in [2.24, 2.45) is 0 Å². The molecule has 1 N–H and O–H groups in total. The number of hydrogen-bond acceptors (Lipinski definition) is 3. The SMILES string of the molecule is CCOC(=O)[C@H]1Cc2ccc(F)cc2N1. The molecule has 4 heteroatoms. The number of esters is 1. The molecule has 3 nitrogen and oxygen atoms in total. The third-order valence-electron chi connectivity index (χ3n) is 2.40. The maximum Gasteiger partial charge on any atom is 0.328 e. The van der Waals surface area contributed by atoms with Gasteiger partial charge in [0, 0.05) is 12.1 Å². The molecule has 0 spiro atoms. The summed E-state index contributed by atoms with van der Waals surface area (Å²) in [7, 11) is 0. The standard InChI is InChI=1S/C11H12FNO2/c1-2-15-11(14)10-5-7-3-4-8(12)6-9(7)13-10/h3-4,6,10,13H,2,5H2,1H3/t10-/m1/s1. The Balaban J connectivity index is 2.12. The van der Waals surface area contributed by atoms with Gasteiger partial charge in [-0.1, -0.05) is 6.07 Å². The monoisotopic (exact) mass is 209 g/mol. The minimum atomic E-state index is -0.373. The molecule has 1 aromatic rings. The van der Waals surface area contributed by atoms with Gasteiger partial charge in [0.1, 0.15) is 11.9 Å². The smallest absolute Gasteiger partial charge is 0.328 e. The van der Waals surface area contributed by atoms with E-state index in [1.165, 1.54) is 12.1 Å². The maximum atomic E-state index is 12.9. The Morgan fingerprint density at radius 3 is 3.20 bits per heavy atom. The topological polar surface area (TPSA) is 38.3 Å². The van der Waals surface area contributed by atoms with Gasteiger partial charge in [-0.2, -0.15) is 0 Å². The van der Waals surface area contributed by atoms with E-state index < -0.39 is 0 Å². The highest BCUT2D eigenvalue weighted by Gasteiger charge is 2.27. The molecule has 0 unspecified atom stereocenters. The lowest BCUT2D eigenvalue weighted by Gasteiger charge is -2.09. The third kappa shape index (κ3) is 1.93. The quantitative estimate of drug-likeness (QED) is 0.754. The Labute approximate surface area is 87.2 Å². The Morgan fingerprint density at radius 1 is 1.67 bits per heavy atom. The molecule has 0 saturated carbocycles. The molecule has 0 fully saturated rings. The predicted octanol–water partition coefficient (Wildman–Crippen LogP) is 1.73. The van der Waals surface area contributed by atoms with Crippen LogP contribution in [0.1, 0.15) is 12.5 Å². The minimum absolute atomic E-state index is 0.283. The Bertz CT molecular complexity index is 392. The summed E-state index contributed by atoms with van der Waals surface area (Å²) in [5.41, 5.74) is 1.64. The van der Waals surface area contributed by atoms with Crippen LogP contribution in [-0.4, -0.2) is 18.6 Å². The van der Waals surface area contributed by atoms with Crippen LogP contribution in [-0.2, 0) is 16.0 Å². The molecule has 0 aliphatic carbocycles. The third-order valence-corrected chi connectivity index (χ3v) is 2.40. The van der Waals surface area contributed by atoms with Crippen LogP contribution in [0.5, 0.6) is 0 Å². The lowest BCUT2D eigenvalue weighted by Crippen LogP contribution is -2.28.